The Morgan fingerprint density at radius 3 is 2.42 bits per heavy atom. The first-order chi connectivity index (χ1) is 5.64. The van der Waals surface area contributed by atoms with Gasteiger partial charge in [-0.15, -0.1) is 0 Å². The van der Waals surface area contributed by atoms with E-state index in [9.17, 15) is 0 Å². The summed E-state index contributed by atoms with van der Waals surface area (Å²) in [4.78, 5) is 0. The highest BCUT2D eigenvalue weighted by Crippen LogP contribution is 2.22. The van der Waals surface area contributed by atoms with Crippen LogP contribution in [0, 0.1) is 5.92 Å². The Kier molecular flexibility index (Phi) is 3.53. The summed E-state index contributed by atoms with van der Waals surface area (Å²) >= 11 is 0. The predicted octanol–water partition coefficient (Wildman–Crippen LogP) is 1.37. The van der Waals surface area contributed by atoms with Crippen LogP contribution in [0.5, 0.6) is 0 Å². The van der Waals surface area contributed by atoms with Crippen molar-refractivity contribution in [2.24, 2.45) is 5.92 Å². The molecule has 2 N–H and O–H groups in total. The maximum Gasteiger partial charge on any atom is 0.0124 e. The van der Waals surface area contributed by atoms with Crippen LogP contribution < -0.4 is 10.6 Å². The summed E-state index contributed by atoms with van der Waals surface area (Å²) in [5, 5.41) is 6.77. The van der Waals surface area contributed by atoms with Gasteiger partial charge in [0.2, 0.25) is 0 Å². The summed E-state index contributed by atoms with van der Waals surface area (Å²) in [6, 6.07) is 0. The fraction of sp³-hybridized carbons (Fsp3) is 1.00. The molecule has 12 heavy (non-hydrogen) atoms. The predicted molar refractivity (Wildman–Crippen MR) is 53.3 cm³/mol. The largest absolute Gasteiger partial charge is 0.317 e. The molecule has 1 aliphatic rings. The number of rotatable bonds is 3. The van der Waals surface area contributed by atoms with Gasteiger partial charge in [-0.2, -0.15) is 0 Å². The van der Waals surface area contributed by atoms with Crippen LogP contribution in [0.1, 0.15) is 33.1 Å². The summed E-state index contributed by atoms with van der Waals surface area (Å²) in [6.07, 6.45) is 4.02. The van der Waals surface area contributed by atoms with Crippen molar-refractivity contribution in [2.75, 3.05) is 20.1 Å². The van der Waals surface area contributed by atoms with Crippen LogP contribution in [0.3, 0.4) is 0 Å². The normalized spacial score (nSPS) is 21.2. The van der Waals surface area contributed by atoms with E-state index >= 15 is 0 Å². The Bertz CT molecular complexity index is 126. The molecule has 1 aliphatic heterocycles. The third-order valence-electron chi connectivity index (χ3n) is 2.93. The summed E-state index contributed by atoms with van der Waals surface area (Å²) in [5.74, 6) is 0.925. The highest BCUT2D eigenvalue weighted by Gasteiger charge is 2.22. The summed E-state index contributed by atoms with van der Waals surface area (Å²) in [6.45, 7) is 7.00. The minimum atomic E-state index is 0.321. The van der Waals surface area contributed by atoms with Crippen LogP contribution in [0.4, 0.5) is 0 Å². The maximum atomic E-state index is 3.40. The van der Waals surface area contributed by atoms with E-state index < -0.39 is 0 Å². The number of hydrogen-bond donors (Lipinski definition) is 2. The fourth-order valence-electron chi connectivity index (χ4n) is 1.91. The maximum absolute atomic E-state index is 3.40. The van der Waals surface area contributed by atoms with Crippen LogP contribution in [0.15, 0.2) is 0 Å². The number of piperidine rings is 1. The highest BCUT2D eigenvalue weighted by atomic mass is 14.9. The summed E-state index contributed by atoms with van der Waals surface area (Å²) < 4.78 is 0. The van der Waals surface area contributed by atoms with Crippen molar-refractivity contribution in [1.82, 2.24) is 10.6 Å². The van der Waals surface area contributed by atoms with Crippen molar-refractivity contribution in [3.8, 4) is 0 Å². The van der Waals surface area contributed by atoms with E-state index in [4.69, 9.17) is 0 Å². The molecule has 0 spiro atoms. The van der Waals surface area contributed by atoms with Crippen LogP contribution in [-0.4, -0.2) is 25.7 Å². The van der Waals surface area contributed by atoms with Crippen molar-refractivity contribution in [3.63, 3.8) is 0 Å². The second-order valence-electron chi connectivity index (χ2n) is 4.53. The first-order valence-electron chi connectivity index (χ1n) is 5.04. The van der Waals surface area contributed by atoms with Crippen LogP contribution in [0.25, 0.3) is 0 Å². The Morgan fingerprint density at radius 2 is 1.92 bits per heavy atom. The topological polar surface area (TPSA) is 24.1 Å². The average molecular weight is 170 g/mol. The summed E-state index contributed by atoms with van der Waals surface area (Å²) in [7, 11) is 2.06. The lowest BCUT2D eigenvalue weighted by molar-refractivity contribution is 0.265. The van der Waals surface area contributed by atoms with E-state index in [0.29, 0.717) is 5.54 Å². The molecule has 0 saturated carbocycles. The van der Waals surface area contributed by atoms with Crippen molar-refractivity contribution >= 4 is 0 Å². The lowest BCUT2D eigenvalue weighted by atomic mass is 9.85. The van der Waals surface area contributed by atoms with E-state index in [0.717, 1.165) is 5.92 Å². The third-order valence-corrected chi connectivity index (χ3v) is 2.93. The molecule has 0 unspecified atom stereocenters. The van der Waals surface area contributed by atoms with Gasteiger partial charge in [-0.3, -0.25) is 0 Å². The molecule has 0 aliphatic carbocycles. The molecule has 1 saturated heterocycles. The lowest BCUT2D eigenvalue weighted by Crippen LogP contribution is -2.40. The van der Waals surface area contributed by atoms with Crippen molar-refractivity contribution < 1.29 is 0 Å². The smallest absolute Gasteiger partial charge is 0.0124 e. The first-order valence-corrected chi connectivity index (χ1v) is 5.04. The molecule has 0 bridgehead atoms. The van der Waals surface area contributed by atoms with E-state index in [1.807, 2.05) is 0 Å². The van der Waals surface area contributed by atoms with Crippen molar-refractivity contribution in [2.45, 2.75) is 38.6 Å². The van der Waals surface area contributed by atoms with Crippen molar-refractivity contribution in [1.29, 1.82) is 0 Å². The highest BCUT2D eigenvalue weighted by molar-refractivity contribution is 4.81. The Labute approximate surface area is 76.1 Å². The van der Waals surface area contributed by atoms with E-state index in [1.165, 1.54) is 32.4 Å². The Balaban J connectivity index is 2.28. The van der Waals surface area contributed by atoms with E-state index in [-0.39, 0.29) is 0 Å². The van der Waals surface area contributed by atoms with Gasteiger partial charge < -0.3 is 10.6 Å². The minimum absolute atomic E-state index is 0.321. The molecule has 1 rings (SSSR count). The molecule has 0 aromatic carbocycles. The minimum Gasteiger partial charge on any atom is -0.317 e. The zero-order chi connectivity index (χ0) is 9.03. The molecule has 0 aromatic rings. The quantitative estimate of drug-likeness (QED) is 0.668. The lowest BCUT2D eigenvalue weighted by Gasteiger charge is -2.31. The SMILES string of the molecule is CNC(C)(C)CC1CCNCC1. The third kappa shape index (κ3) is 3.11. The van der Waals surface area contributed by atoms with Gasteiger partial charge in [-0.25, -0.2) is 0 Å². The molecule has 0 amide bonds. The number of nitrogens with one attached hydrogen (secondary N) is 2. The average Bonchev–Trinajstić information content (AvgIpc) is 2.06. The molecular formula is C10H22N2. The number of hydrogen-bond acceptors (Lipinski definition) is 2. The monoisotopic (exact) mass is 170 g/mol. The van der Waals surface area contributed by atoms with Crippen LogP contribution in [-0.2, 0) is 0 Å². The molecule has 0 aromatic heterocycles. The molecular weight excluding hydrogens is 148 g/mol. The molecule has 1 fully saturated rings. The molecule has 0 radical (unpaired) electrons. The van der Waals surface area contributed by atoms with Crippen molar-refractivity contribution in [3.05, 3.63) is 0 Å². The standard InChI is InChI=1S/C10H22N2/c1-10(2,11-3)8-9-4-6-12-7-5-9/h9,11-12H,4-8H2,1-3H3. The van der Waals surface area contributed by atoms with Gasteiger partial charge in [0.15, 0.2) is 0 Å². The van der Waals surface area contributed by atoms with Gasteiger partial charge in [-0.1, -0.05) is 0 Å². The fourth-order valence-corrected chi connectivity index (χ4v) is 1.91. The first kappa shape index (κ1) is 10.0. The molecule has 1 heterocycles. The molecule has 2 heteroatoms. The van der Waals surface area contributed by atoms with Gasteiger partial charge >= 0.3 is 0 Å². The van der Waals surface area contributed by atoms with Gasteiger partial charge in [-0.05, 0) is 59.2 Å². The van der Waals surface area contributed by atoms with Gasteiger partial charge in [0.1, 0.15) is 0 Å². The Morgan fingerprint density at radius 1 is 1.33 bits per heavy atom. The molecule has 0 atom stereocenters. The zero-order valence-electron chi connectivity index (χ0n) is 8.61. The van der Waals surface area contributed by atoms with Gasteiger partial charge in [0, 0.05) is 5.54 Å². The zero-order valence-corrected chi connectivity index (χ0v) is 8.61. The van der Waals surface area contributed by atoms with Crippen LogP contribution >= 0.6 is 0 Å². The van der Waals surface area contributed by atoms with Gasteiger partial charge in [0.25, 0.3) is 0 Å². The summed E-state index contributed by atoms with van der Waals surface area (Å²) in [5.41, 5.74) is 0.321. The molecule has 2 nitrogen and oxygen atoms in total. The Hall–Kier alpha value is -0.0800. The van der Waals surface area contributed by atoms with Crippen LogP contribution in [0.2, 0.25) is 0 Å². The van der Waals surface area contributed by atoms with E-state index in [1.54, 1.807) is 0 Å². The second-order valence-corrected chi connectivity index (χ2v) is 4.53. The van der Waals surface area contributed by atoms with E-state index in [2.05, 4.69) is 31.5 Å². The van der Waals surface area contributed by atoms with Gasteiger partial charge in [0.05, 0.1) is 0 Å². The second kappa shape index (κ2) is 4.24. The molecule has 72 valence electrons.